The monoisotopic (exact) mass is 460 g/mol. The van der Waals surface area contributed by atoms with Gasteiger partial charge in [-0.2, -0.15) is 0 Å². The van der Waals surface area contributed by atoms with Crippen LogP contribution in [0.3, 0.4) is 0 Å². The van der Waals surface area contributed by atoms with Crippen LogP contribution in [0.1, 0.15) is 85.2 Å². The van der Waals surface area contributed by atoms with Crippen LogP contribution in [-0.2, 0) is 9.47 Å². The predicted molar refractivity (Wildman–Crippen MR) is 109 cm³/mol. The van der Waals surface area contributed by atoms with Gasteiger partial charge in [-0.15, -0.1) is 0 Å². The van der Waals surface area contributed by atoms with Gasteiger partial charge in [-0.1, -0.05) is 0 Å². The molecule has 0 spiro atoms. The Morgan fingerprint density at radius 3 is 1.68 bits per heavy atom. The van der Waals surface area contributed by atoms with Gasteiger partial charge in [0.1, 0.15) is 0 Å². The third kappa shape index (κ3) is 7.26. The van der Waals surface area contributed by atoms with Gasteiger partial charge in [0.2, 0.25) is 0 Å². The molecule has 0 saturated carbocycles. The molecule has 0 amide bonds. The van der Waals surface area contributed by atoms with Gasteiger partial charge in [-0.3, -0.25) is 0 Å². The molecule has 0 N–H and O–H groups in total. The predicted octanol–water partition coefficient (Wildman–Crippen LogP) is 6.41. The molecule has 1 aromatic rings. The molecular formula is C21H40O3Sn. The summed E-state index contributed by atoms with van der Waals surface area (Å²) < 4.78 is 23.6. The second kappa shape index (κ2) is 13.2. The average Bonchev–Trinajstić information content (AvgIpc) is 3.12. The van der Waals surface area contributed by atoms with Gasteiger partial charge in [-0.25, -0.2) is 0 Å². The van der Waals surface area contributed by atoms with Crippen molar-refractivity contribution in [3.63, 3.8) is 0 Å². The zero-order valence-corrected chi connectivity index (χ0v) is 20.1. The molecule has 0 atom stereocenters. The summed E-state index contributed by atoms with van der Waals surface area (Å²) in [7, 11) is 0. The van der Waals surface area contributed by atoms with Gasteiger partial charge < -0.3 is 0 Å². The van der Waals surface area contributed by atoms with Crippen molar-refractivity contribution < 1.29 is 13.9 Å². The fourth-order valence-corrected chi connectivity index (χ4v) is 18.8. The zero-order chi connectivity index (χ0) is 18.5. The molecule has 146 valence electrons. The molecule has 0 aliphatic carbocycles. The Hall–Kier alpha value is -0.00130. The summed E-state index contributed by atoms with van der Waals surface area (Å²) in [5.41, 5.74) is 0. The zero-order valence-electron chi connectivity index (χ0n) is 17.2. The molecule has 0 fully saturated rings. The van der Waals surface area contributed by atoms with Gasteiger partial charge >= 0.3 is 160 Å². The fourth-order valence-electron chi connectivity index (χ4n) is 3.57. The number of rotatable bonds is 15. The fraction of sp³-hybridized carbons (Fsp3) is 0.810. The SMILES string of the molecule is CCC[CH2][Sn]([CH2]CCC)([CH2]CCC)[c]1ccc(C(OCC)OCC)o1. The molecule has 0 unspecified atom stereocenters. The summed E-state index contributed by atoms with van der Waals surface area (Å²) in [4.78, 5) is 0. The van der Waals surface area contributed by atoms with E-state index >= 15 is 0 Å². The van der Waals surface area contributed by atoms with Crippen LogP contribution in [0, 0.1) is 0 Å². The molecule has 25 heavy (non-hydrogen) atoms. The van der Waals surface area contributed by atoms with Crippen molar-refractivity contribution in [2.24, 2.45) is 0 Å². The molecule has 0 aromatic carbocycles. The number of hydrogen-bond donors (Lipinski definition) is 0. The van der Waals surface area contributed by atoms with Crippen LogP contribution < -0.4 is 3.78 Å². The third-order valence-electron chi connectivity index (χ3n) is 5.04. The Bertz CT molecular complexity index is 416. The van der Waals surface area contributed by atoms with Crippen molar-refractivity contribution >= 4 is 22.2 Å². The van der Waals surface area contributed by atoms with Crippen molar-refractivity contribution in [2.45, 2.75) is 92.7 Å². The first-order valence-corrected chi connectivity index (χ1v) is 18.0. The molecule has 3 nitrogen and oxygen atoms in total. The first-order chi connectivity index (χ1) is 12.2. The summed E-state index contributed by atoms with van der Waals surface area (Å²) in [6, 6.07) is 4.39. The van der Waals surface area contributed by atoms with Crippen LogP contribution in [0.25, 0.3) is 0 Å². The van der Waals surface area contributed by atoms with Gasteiger partial charge in [-0.05, 0) is 0 Å². The standard InChI is InChI=1S/C9H13O3.3C4H9.Sn/c1-3-10-9(11-4-2)8-6-5-7-12-8;3*1-3-4-2;/h5-6,9H,3-4H2,1-2H3;3*1,3-4H2,2H3;. The van der Waals surface area contributed by atoms with Crippen LogP contribution in [0.2, 0.25) is 13.3 Å². The van der Waals surface area contributed by atoms with Crippen molar-refractivity contribution in [2.75, 3.05) is 13.2 Å². The molecule has 0 bridgehead atoms. The van der Waals surface area contributed by atoms with Gasteiger partial charge in [0.25, 0.3) is 0 Å². The van der Waals surface area contributed by atoms with E-state index in [4.69, 9.17) is 13.9 Å². The minimum atomic E-state index is -2.48. The summed E-state index contributed by atoms with van der Waals surface area (Å²) in [6.45, 7) is 12.2. The van der Waals surface area contributed by atoms with Gasteiger partial charge in [0.15, 0.2) is 0 Å². The number of ether oxygens (including phenoxy) is 2. The van der Waals surface area contributed by atoms with Crippen LogP contribution in [0.4, 0.5) is 0 Å². The summed E-state index contributed by atoms with van der Waals surface area (Å²) in [5, 5.41) is 0. The third-order valence-corrected chi connectivity index (χ3v) is 20.0. The number of unbranched alkanes of at least 4 members (excludes halogenated alkanes) is 3. The molecular weight excluding hydrogens is 419 g/mol. The van der Waals surface area contributed by atoms with Crippen LogP contribution in [0.5, 0.6) is 0 Å². The minimum absolute atomic E-state index is 0.351. The normalized spacial score (nSPS) is 12.2. The van der Waals surface area contributed by atoms with E-state index in [-0.39, 0.29) is 6.29 Å². The molecule has 4 heteroatoms. The van der Waals surface area contributed by atoms with E-state index < -0.39 is 18.4 Å². The second-order valence-corrected chi connectivity index (χ2v) is 20.0. The Kier molecular flexibility index (Phi) is 12.2. The Morgan fingerprint density at radius 1 is 0.800 bits per heavy atom. The molecule has 1 aromatic heterocycles. The van der Waals surface area contributed by atoms with Crippen molar-refractivity contribution in [1.82, 2.24) is 0 Å². The maximum atomic E-state index is 6.45. The van der Waals surface area contributed by atoms with E-state index in [1.165, 1.54) is 55.6 Å². The summed E-state index contributed by atoms with van der Waals surface area (Å²) >= 11 is -2.48. The van der Waals surface area contributed by atoms with Gasteiger partial charge in [0, 0.05) is 0 Å². The van der Waals surface area contributed by atoms with E-state index in [1.807, 2.05) is 13.8 Å². The van der Waals surface area contributed by atoms with Crippen molar-refractivity contribution in [1.29, 1.82) is 0 Å². The van der Waals surface area contributed by atoms with E-state index in [1.54, 1.807) is 0 Å². The molecule has 0 aliphatic heterocycles. The summed E-state index contributed by atoms with van der Waals surface area (Å²) in [6.07, 6.45) is 7.54. The average molecular weight is 459 g/mol. The maximum absolute atomic E-state index is 6.45. The molecule has 0 aliphatic rings. The van der Waals surface area contributed by atoms with Crippen LogP contribution >= 0.6 is 0 Å². The molecule has 1 rings (SSSR count). The molecule has 1 heterocycles. The van der Waals surface area contributed by atoms with E-state index in [9.17, 15) is 0 Å². The van der Waals surface area contributed by atoms with E-state index in [2.05, 4.69) is 32.9 Å². The van der Waals surface area contributed by atoms with Crippen molar-refractivity contribution in [3.05, 3.63) is 17.9 Å². The molecule has 0 radical (unpaired) electrons. The quantitative estimate of drug-likeness (QED) is 0.225. The first-order valence-electron chi connectivity index (χ1n) is 10.5. The van der Waals surface area contributed by atoms with E-state index in [0.29, 0.717) is 13.2 Å². The Balaban J connectivity index is 3.09. The Morgan fingerprint density at radius 2 is 1.28 bits per heavy atom. The van der Waals surface area contributed by atoms with Crippen LogP contribution in [-0.4, -0.2) is 31.6 Å². The van der Waals surface area contributed by atoms with Crippen molar-refractivity contribution in [3.8, 4) is 0 Å². The second-order valence-electron chi connectivity index (χ2n) is 7.04. The summed E-state index contributed by atoms with van der Waals surface area (Å²) in [5.74, 6) is 0.865. The number of hydrogen-bond acceptors (Lipinski definition) is 3. The first kappa shape index (κ1) is 23.0. The molecule has 0 saturated heterocycles. The Labute approximate surface area is 159 Å². The van der Waals surface area contributed by atoms with E-state index in [0.717, 1.165) is 5.76 Å². The van der Waals surface area contributed by atoms with Crippen LogP contribution in [0.15, 0.2) is 16.5 Å². The topological polar surface area (TPSA) is 31.6 Å². The van der Waals surface area contributed by atoms with Gasteiger partial charge in [0.05, 0.1) is 0 Å². The number of furan rings is 1.